The molecule has 1 amide bonds. The maximum absolute atomic E-state index is 12.9. The van der Waals surface area contributed by atoms with E-state index in [1.54, 1.807) is 4.68 Å². The molecule has 3 rings (SSSR count). The van der Waals surface area contributed by atoms with Crippen molar-refractivity contribution in [2.75, 3.05) is 19.6 Å². The number of benzene rings is 1. The Balaban J connectivity index is 1.85. The van der Waals surface area contributed by atoms with Crippen molar-refractivity contribution in [3.8, 4) is 11.4 Å². The molecule has 2 aromatic rings. The van der Waals surface area contributed by atoms with Gasteiger partial charge in [-0.05, 0) is 51.5 Å². The molecule has 1 fully saturated rings. The SMILES string of the molecule is CCc1c(C(=O)N2CCNC(C)C2)nnn1-c1ccc(OC(C)C)cc1. The van der Waals surface area contributed by atoms with Gasteiger partial charge in [0.25, 0.3) is 5.91 Å². The van der Waals surface area contributed by atoms with Crippen LogP contribution in [0.1, 0.15) is 43.9 Å². The number of carbonyl (C=O) groups is 1. The minimum Gasteiger partial charge on any atom is -0.491 e. The number of hydrogen-bond acceptors (Lipinski definition) is 5. The summed E-state index contributed by atoms with van der Waals surface area (Å²) in [5.41, 5.74) is 2.15. The Morgan fingerprint density at radius 3 is 2.69 bits per heavy atom. The first-order valence-electron chi connectivity index (χ1n) is 9.24. The maximum Gasteiger partial charge on any atom is 0.276 e. The molecule has 1 aromatic heterocycles. The molecule has 1 unspecified atom stereocenters. The third-order valence-corrected chi connectivity index (χ3v) is 4.41. The highest BCUT2D eigenvalue weighted by Gasteiger charge is 2.27. The molecule has 0 aliphatic carbocycles. The van der Waals surface area contributed by atoms with E-state index in [4.69, 9.17) is 4.74 Å². The number of amides is 1. The predicted octanol–water partition coefficient (Wildman–Crippen LogP) is 2.05. The van der Waals surface area contributed by atoms with Gasteiger partial charge >= 0.3 is 0 Å². The second-order valence-corrected chi connectivity index (χ2v) is 6.92. The van der Waals surface area contributed by atoms with Gasteiger partial charge in [0.1, 0.15) is 5.75 Å². The van der Waals surface area contributed by atoms with Crippen LogP contribution in [0.15, 0.2) is 24.3 Å². The van der Waals surface area contributed by atoms with Crippen LogP contribution in [-0.2, 0) is 6.42 Å². The summed E-state index contributed by atoms with van der Waals surface area (Å²) in [4.78, 5) is 14.8. The third kappa shape index (κ3) is 3.88. The van der Waals surface area contributed by atoms with E-state index in [1.807, 2.05) is 49.9 Å². The smallest absolute Gasteiger partial charge is 0.276 e. The molecule has 0 saturated carbocycles. The molecule has 1 aliphatic rings. The van der Waals surface area contributed by atoms with E-state index >= 15 is 0 Å². The number of rotatable bonds is 5. The van der Waals surface area contributed by atoms with Crippen molar-refractivity contribution in [1.82, 2.24) is 25.2 Å². The van der Waals surface area contributed by atoms with Crippen molar-refractivity contribution < 1.29 is 9.53 Å². The normalized spacial score (nSPS) is 17.6. The lowest BCUT2D eigenvalue weighted by Gasteiger charge is -2.31. The molecule has 1 aromatic carbocycles. The van der Waals surface area contributed by atoms with E-state index in [2.05, 4.69) is 22.6 Å². The lowest BCUT2D eigenvalue weighted by atomic mass is 10.2. The summed E-state index contributed by atoms with van der Waals surface area (Å²) in [6, 6.07) is 7.99. The molecule has 1 saturated heterocycles. The molecule has 0 spiro atoms. The van der Waals surface area contributed by atoms with Gasteiger partial charge in [0.2, 0.25) is 0 Å². The van der Waals surface area contributed by atoms with Crippen LogP contribution in [0.3, 0.4) is 0 Å². The Bertz CT molecular complexity index is 754. The second-order valence-electron chi connectivity index (χ2n) is 6.92. The summed E-state index contributed by atoms with van der Waals surface area (Å²) in [5, 5.41) is 11.8. The van der Waals surface area contributed by atoms with E-state index in [0.29, 0.717) is 31.2 Å². The van der Waals surface area contributed by atoms with Gasteiger partial charge in [0.15, 0.2) is 5.69 Å². The first-order chi connectivity index (χ1) is 12.5. The number of nitrogens with zero attached hydrogens (tertiary/aromatic N) is 4. The summed E-state index contributed by atoms with van der Waals surface area (Å²) in [7, 11) is 0. The molecule has 2 heterocycles. The number of ether oxygens (including phenoxy) is 1. The molecule has 7 nitrogen and oxygen atoms in total. The van der Waals surface area contributed by atoms with Crippen LogP contribution in [0.5, 0.6) is 5.75 Å². The van der Waals surface area contributed by atoms with Gasteiger partial charge < -0.3 is 15.0 Å². The van der Waals surface area contributed by atoms with Gasteiger partial charge in [0, 0.05) is 25.7 Å². The van der Waals surface area contributed by atoms with E-state index in [1.165, 1.54) is 0 Å². The van der Waals surface area contributed by atoms with Gasteiger partial charge in [0.05, 0.1) is 17.5 Å². The van der Waals surface area contributed by atoms with Crippen molar-refractivity contribution in [3.05, 3.63) is 35.7 Å². The molecule has 140 valence electrons. The van der Waals surface area contributed by atoms with Crippen molar-refractivity contribution in [2.45, 2.75) is 46.3 Å². The molecule has 26 heavy (non-hydrogen) atoms. The highest BCUT2D eigenvalue weighted by Crippen LogP contribution is 2.20. The van der Waals surface area contributed by atoms with Gasteiger partial charge in [-0.2, -0.15) is 0 Å². The Hall–Kier alpha value is -2.41. The van der Waals surface area contributed by atoms with Gasteiger partial charge in [-0.3, -0.25) is 4.79 Å². The van der Waals surface area contributed by atoms with Gasteiger partial charge in [-0.1, -0.05) is 12.1 Å². The minimum atomic E-state index is -0.0405. The van der Waals surface area contributed by atoms with Gasteiger partial charge in [-0.15, -0.1) is 5.10 Å². The van der Waals surface area contributed by atoms with Crippen LogP contribution in [0.25, 0.3) is 5.69 Å². The average molecular weight is 357 g/mol. The standard InChI is InChI=1S/C19H27N5O2/c1-5-17-18(19(25)23-11-10-20-14(4)12-23)21-22-24(17)15-6-8-16(9-7-15)26-13(2)3/h6-9,13-14,20H,5,10-12H2,1-4H3. The lowest BCUT2D eigenvalue weighted by molar-refractivity contribution is 0.0702. The minimum absolute atomic E-state index is 0.0405. The van der Waals surface area contributed by atoms with Crippen LogP contribution in [0.4, 0.5) is 0 Å². The summed E-state index contributed by atoms with van der Waals surface area (Å²) < 4.78 is 7.43. The van der Waals surface area contributed by atoms with E-state index in [9.17, 15) is 4.79 Å². The quantitative estimate of drug-likeness (QED) is 0.887. The van der Waals surface area contributed by atoms with Gasteiger partial charge in [-0.25, -0.2) is 4.68 Å². The Kier molecular flexibility index (Phi) is 5.56. The summed E-state index contributed by atoms with van der Waals surface area (Å²) >= 11 is 0. The lowest BCUT2D eigenvalue weighted by Crippen LogP contribution is -2.51. The number of nitrogens with one attached hydrogen (secondary N) is 1. The maximum atomic E-state index is 12.9. The zero-order valence-electron chi connectivity index (χ0n) is 15.9. The first kappa shape index (κ1) is 18.4. The van der Waals surface area contributed by atoms with Crippen LogP contribution >= 0.6 is 0 Å². The highest BCUT2D eigenvalue weighted by molar-refractivity contribution is 5.93. The van der Waals surface area contributed by atoms with Crippen molar-refractivity contribution in [2.24, 2.45) is 0 Å². The van der Waals surface area contributed by atoms with Crippen molar-refractivity contribution >= 4 is 5.91 Å². The largest absolute Gasteiger partial charge is 0.491 e. The highest BCUT2D eigenvalue weighted by atomic mass is 16.5. The average Bonchev–Trinajstić information content (AvgIpc) is 3.05. The topological polar surface area (TPSA) is 72.3 Å². The van der Waals surface area contributed by atoms with Crippen LogP contribution in [-0.4, -0.2) is 57.6 Å². The molecule has 1 atom stereocenters. The fourth-order valence-electron chi connectivity index (χ4n) is 3.20. The molecule has 1 N–H and O–H groups in total. The number of piperazine rings is 1. The first-order valence-corrected chi connectivity index (χ1v) is 9.24. The van der Waals surface area contributed by atoms with E-state index in [-0.39, 0.29) is 12.0 Å². The number of hydrogen-bond donors (Lipinski definition) is 1. The molecule has 0 radical (unpaired) electrons. The molecule has 7 heteroatoms. The van der Waals surface area contributed by atoms with Crippen molar-refractivity contribution in [3.63, 3.8) is 0 Å². The summed E-state index contributed by atoms with van der Waals surface area (Å²) in [6.07, 6.45) is 0.809. The zero-order chi connectivity index (χ0) is 18.7. The van der Waals surface area contributed by atoms with Crippen LogP contribution in [0, 0.1) is 0 Å². The predicted molar refractivity (Wildman–Crippen MR) is 99.9 cm³/mol. The fourth-order valence-corrected chi connectivity index (χ4v) is 3.20. The molecule has 0 bridgehead atoms. The Morgan fingerprint density at radius 2 is 2.08 bits per heavy atom. The van der Waals surface area contributed by atoms with Crippen LogP contribution < -0.4 is 10.1 Å². The third-order valence-electron chi connectivity index (χ3n) is 4.41. The summed E-state index contributed by atoms with van der Waals surface area (Å²) in [6.45, 7) is 10.3. The second kappa shape index (κ2) is 7.86. The zero-order valence-corrected chi connectivity index (χ0v) is 15.9. The number of carbonyl (C=O) groups excluding carboxylic acids is 1. The van der Waals surface area contributed by atoms with Crippen molar-refractivity contribution in [1.29, 1.82) is 0 Å². The van der Waals surface area contributed by atoms with Crippen LogP contribution in [0.2, 0.25) is 0 Å². The van der Waals surface area contributed by atoms with E-state index in [0.717, 1.165) is 23.7 Å². The monoisotopic (exact) mass is 357 g/mol. The number of aromatic nitrogens is 3. The molecular weight excluding hydrogens is 330 g/mol. The fraction of sp³-hybridized carbons (Fsp3) is 0.526. The molecular formula is C19H27N5O2. The van der Waals surface area contributed by atoms with E-state index < -0.39 is 0 Å². The Labute approximate surface area is 154 Å². The molecule has 1 aliphatic heterocycles. The Morgan fingerprint density at radius 1 is 1.35 bits per heavy atom. The summed E-state index contributed by atoms with van der Waals surface area (Å²) in [5.74, 6) is 0.772.